The van der Waals surface area contributed by atoms with Crippen LogP contribution in [-0.4, -0.2) is 5.11 Å². The number of phenols is 1. The molecular weight excluding hydrogens is 785 g/mol. The molecule has 0 saturated heterocycles. The third-order valence-corrected chi connectivity index (χ3v) is 13.5. The van der Waals surface area contributed by atoms with Crippen LogP contribution in [-0.2, 0) is 12.8 Å². The Kier molecular flexibility index (Phi) is 13.0. The number of aromatic hydroxyl groups is 1. The van der Waals surface area contributed by atoms with Crippen LogP contribution >= 0.6 is 0 Å². The topological polar surface area (TPSA) is 20.2 Å². The molecular formula is C64H58O. The second-order valence-electron chi connectivity index (χ2n) is 17.7. The number of phenolic OH excluding ortho intramolecular Hbond substituents is 1. The Hall–Kier alpha value is -7.22. The molecule has 320 valence electrons. The summed E-state index contributed by atoms with van der Waals surface area (Å²) < 4.78 is 0. The molecule has 0 aliphatic rings. The summed E-state index contributed by atoms with van der Waals surface area (Å²) in [5.41, 5.74) is 22.3. The minimum absolute atomic E-state index is 0.212. The molecule has 9 rings (SSSR count). The summed E-state index contributed by atoms with van der Waals surface area (Å²) in [7, 11) is 0. The summed E-state index contributed by atoms with van der Waals surface area (Å²) >= 11 is 0. The molecule has 1 nitrogen and oxygen atoms in total. The minimum atomic E-state index is 0.212. The van der Waals surface area contributed by atoms with Crippen LogP contribution in [0.25, 0.3) is 66.8 Å². The fourth-order valence-electron chi connectivity index (χ4n) is 9.79. The molecule has 0 aromatic heterocycles. The maximum absolute atomic E-state index is 11.5. The molecule has 0 aliphatic carbocycles. The monoisotopic (exact) mass is 842 g/mol. The smallest absolute Gasteiger partial charge is 0.116 e. The van der Waals surface area contributed by atoms with Crippen molar-refractivity contribution >= 4 is 0 Å². The van der Waals surface area contributed by atoms with Crippen molar-refractivity contribution in [1.82, 2.24) is 0 Å². The summed E-state index contributed by atoms with van der Waals surface area (Å²) in [5, 5.41) is 11.5. The van der Waals surface area contributed by atoms with Gasteiger partial charge < -0.3 is 5.11 Å². The van der Waals surface area contributed by atoms with E-state index in [9.17, 15) is 5.11 Å². The van der Waals surface area contributed by atoms with Crippen LogP contribution < -0.4 is 0 Å². The normalized spacial score (nSPS) is 12.2. The van der Waals surface area contributed by atoms with E-state index in [1.807, 2.05) is 12.1 Å². The molecule has 0 heterocycles. The van der Waals surface area contributed by atoms with Crippen molar-refractivity contribution in [2.24, 2.45) is 0 Å². The third-order valence-electron chi connectivity index (χ3n) is 13.5. The van der Waals surface area contributed by atoms with Gasteiger partial charge in [0, 0.05) is 0 Å². The van der Waals surface area contributed by atoms with Crippen molar-refractivity contribution in [2.75, 3.05) is 0 Å². The minimum Gasteiger partial charge on any atom is -0.508 e. The highest BCUT2D eigenvalue weighted by atomic mass is 16.3. The molecule has 1 heteroatoms. The van der Waals surface area contributed by atoms with Gasteiger partial charge in [-0.15, -0.1) is 0 Å². The lowest BCUT2D eigenvalue weighted by Crippen LogP contribution is -2.07. The molecule has 0 bridgehead atoms. The first-order valence-electron chi connectivity index (χ1n) is 23.4. The molecule has 1 N–H and O–H groups in total. The first-order valence-corrected chi connectivity index (χ1v) is 23.4. The maximum Gasteiger partial charge on any atom is 0.116 e. The van der Waals surface area contributed by atoms with Gasteiger partial charge in [0.25, 0.3) is 0 Å². The molecule has 0 radical (unpaired) electrons. The van der Waals surface area contributed by atoms with E-state index < -0.39 is 0 Å². The van der Waals surface area contributed by atoms with Gasteiger partial charge in [-0.3, -0.25) is 0 Å². The summed E-state index contributed by atoms with van der Waals surface area (Å²) in [6.45, 7) is 9.06. The average Bonchev–Trinajstić information content (AvgIpc) is 3.36. The van der Waals surface area contributed by atoms with Crippen LogP contribution in [0.3, 0.4) is 0 Å². The predicted molar refractivity (Wildman–Crippen MR) is 277 cm³/mol. The van der Waals surface area contributed by atoms with Gasteiger partial charge in [-0.1, -0.05) is 190 Å². The zero-order valence-corrected chi connectivity index (χ0v) is 38.1. The lowest BCUT2D eigenvalue weighted by Gasteiger charge is -2.24. The Balaban J connectivity index is 1.08. The van der Waals surface area contributed by atoms with Crippen LogP contribution in [0.2, 0.25) is 0 Å². The fraction of sp³-hybridized carbons (Fsp3) is 0.156. The van der Waals surface area contributed by atoms with Gasteiger partial charge in [0.1, 0.15) is 5.75 Å². The Labute approximate surface area is 386 Å². The summed E-state index contributed by atoms with van der Waals surface area (Å²) in [6, 6.07) is 77.1. The van der Waals surface area contributed by atoms with Gasteiger partial charge in [-0.2, -0.15) is 0 Å². The summed E-state index contributed by atoms with van der Waals surface area (Å²) in [6.07, 6.45) is 3.60. The molecule has 0 spiro atoms. The highest BCUT2D eigenvalue weighted by Gasteiger charge is 2.22. The Morgan fingerprint density at radius 1 is 0.354 bits per heavy atom. The molecule has 0 aliphatic heterocycles. The van der Waals surface area contributed by atoms with Crippen molar-refractivity contribution in [3.8, 4) is 72.5 Å². The van der Waals surface area contributed by atoms with Crippen LogP contribution in [0.15, 0.2) is 212 Å². The number of benzene rings is 9. The van der Waals surface area contributed by atoms with Crippen LogP contribution in [0.5, 0.6) is 5.75 Å². The van der Waals surface area contributed by atoms with Gasteiger partial charge in [-0.25, -0.2) is 0 Å². The molecule has 0 fully saturated rings. The number of rotatable bonds is 14. The SMILES string of the molecule is CCC(Cc1ccc(-c2ccccc2)cc1-c1cc(-c2ccccc2)ccc1C)c1cc(O)cc(CC(CC)c2ccc(-c3ccccc3)cc2-c2cc(-c3ccccc3)ccc2C)c1. The predicted octanol–water partition coefficient (Wildman–Crippen LogP) is 17.5. The quantitative estimate of drug-likeness (QED) is 0.116. The first kappa shape index (κ1) is 43.1. The molecule has 2 unspecified atom stereocenters. The second-order valence-corrected chi connectivity index (χ2v) is 17.7. The fourth-order valence-corrected chi connectivity index (χ4v) is 9.79. The van der Waals surface area contributed by atoms with Crippen molar-refractivity contribution in [3.63, 3.8) is 0 Å². The first-order chi connectivity index (χ1) is 31.8. The van der Waals surface area contributed by atoms with Gasteiger partial charge in [0.15, 0.2) is 0 Å². The Morgan fingerprint density at radius 2 is 0.769 bits per heavy atom. The largest absolute Gasteiger partial charge is 0.508 e. The zero-order valence-electron chi connectivity index (χ0n) is 38.1. The molecule has 9 aromatic carbocycles. The Bertz CT molecular complexity index is 3020. The van der Waals surface area contributed by atoms with Crippen molar-refractivity contribution in [1.29, 1.82) is 0 Å². The second kappa shape index (κ2) is 19.7. The van der Waals surface area contributed by atoms with E-state index in [1.165, 1.54) is 100 Å². The van der Waals surface area contributed by atoms with E-state index >= 15 is 0 Å². The van der Waals surface area contributed by atoms with Crippen molar-refractivity contribution in [2.45, 2.75) is 65.2 Å². The third kappa shape index (κ3) is 9.66. The zero-order chi connectivity index (χ0) is 44.7. The van der Waals surface area contributed by atoms with E-state index in [0.29, 0.717) is 5.75 Å². The van der Waals surface area contributed by atoms with Gasteiger partial charge in [0.05, 0.1) is 0 Å². The van der Waals surface area contributed by atoms with Crippen LogP contribution in [0.4, 0.5) is 0 Å². The van der Waals surface area contributed by atoms with E-state index in [0.717, 1.165) is 25.7 Å². The summed E-state index contributed by atoms with van der Waals surface area (Å²) in [5.74, 6) is 0.785. The van der Waals surface area contributed by atoms with Crippen LogP contribution in [0.1, 0.15) is 71.9 Å². The molecule has 0 amide bonds. The molecule has 9 aromatic rings. The van der Waals surface area contributed by atoms with E-state index in [1.54, 1.807) is 0 Å². The number of aryl methyl sites for hydroxylation is 2. The highest BCUT2D eigenvalue weighted by molar-refractivity contribution is 5.83. The molecule has 65 heavy (non-hydrogen) atoms. The lowest BCUT2D eigenvalue weighted by atomic mass is 9.81. The lowest BCUT2D eigenvalue weighted by molar-refractivity contribution is 0.471. The van der Waals surface area contributed by atoms with Gasteiger partial charge in [-0.05, 0) is 188 Å². The number of hydrogen-bond acceptors (Lipinski definition) is 1. The maximum atomic E-state index is 11.5. The Morgan fingerprint density at radius 3 is 1.25 bits per heavy atom. The van der Waals surface area contributed by atoms with Gasteiger partial charge >= 0.3 is 0 Å². The highest BCUT2D eigenvalue weighted by Crippen LogP contribution is 2.42. The van der Waals surface area contributed by atoms with E-state index in [-0.39, 0.29) is 11.8 Å². The molecule has 0 saturated carbocycles. The van der Waals surface area contributed by atoms with Crippen molar-refractivity contribution in [3.05, 3.63) is 246 Å². The number of hydrogen-bond donors (Lipinski definition) is 1. The van der Waals surface area contributed by atoms with Crippen LogP contribution in [0, 0.1) is 13.8 Å². The molecule has 2 atom stereocenters. The van der Waals surface area contributed by atoms with E-state index in [2.05, 4.69) is 228 Å². The van der Waals surface area contributed by atoms with E-state index in [4.69, 9.17) is 0 Å². The standard InChI is InChI=1S/C64H58O/c1-5-47(38-57-32-31-55(51-23-15-9-16-24-51)42-63(57)61-40-53(29-27-44(61)3)49-19-11-7-12-20-49)58-36-46(37-59(65)39-58)35-48(6-2)60-34-33-56(52-25-17-10-18-26-52)43-64(60)62-41-54(30-28-45(62)4)50-21-13-8-14-22-50/h7-34,36-37,39-43,47-48,65H,5-6,35,38H2,1-4H3. The summed E-state index contributed by atoms with van der Waals surface area (Å²) in [4.78, 5) is 0. The van der Waals surface area contributed by atoms with Gasteiger partial charge in [0.2, 0.25) is 0 Å². The average molecular weight is 843 g/mol. The van der Waals surface area contributed by atoms with Crippen molar-refractivity contribution < 1.29 is 5.11 Å².